The molecule has 0 bridgehead atoms. The maximum absolute atomic E-state index is 12.3. The number of anilines is 1. The number of halogens is 3. The fourth-order valence-electron chi connectivity index (χ4n) is 3.07. The predicted molar refractivity (Wildman–Crippen MR) is 147 cm³/mol. The zero-order valence-electron chi connectivity index (χ0n) is 19.5. The van der Waals surface area contributed by atoms with Crippen molar-refractivity contribution in [3.8, 4) is 0 Å². The molecule has 0 unspecified atom stereocenters. The smallest absolute Gasteiger partial charge is 0.228 e. The lowest BCUT2D eigenvalue weighted by Crippen LogP contribution is -2.56. The Morgan fingerprint density at radius 2 is 1.74 bits per heavy atom. The van der Waals surface area contributed by atoms with E-state index >= 15 is 0 Å². The molecule has 0 aliphatic carbocycles. The number of amides is 1. The van der Waals surface area contributed by atoms with E-state index in [1.165, 1.54) is 0 Å². The van der Waals surface area contributed by atoms with Crippen molar-refractivity contribution >= 4 is 75.1 Å². The van der Waals surface area contributed by atoms with Gasteiger partial charge in [-0.15, -0.1) is 0 Å². The van der Waals surface area contributed by atoms with E-state index in [0.717, 1.165) is 48.2 Å². The molecule has 0 heterocycles. The van der Waals surface area contributed by atoms with Crippen molar-refractivity contribution in [2.75, 3.05) is 5.32 Å². The summed E-state index contributed by atoms with van der Waals surface area (Å²) in [6.07, 6.45) is 3.31. The van der Waals surface area contributed by atoms with Gasteiger partial charge in [0.15, 0.2) is 5.11 Å². The molecule has 0 spiro atoms. The Bertz CT molecular complexity index is 1010. The highest BCUT2D eigenvalue weighted by Gasteiger charge is 2.34. The lowest BCUT2D eigenvalue weighted by atomic mass is 10.1. The number of aryl methyl sites for hydroxylation is 2. The van der Waals surface area contributed by atoms with Gasteiger partial charge in [-0.3, -0.25) is 4.79 Å². The van der Waals surface area contributed by atoms with Gasteiger partial charge in [0.05, 0.1) is 11.4 Å². The van der Waals surface area contributed by atoms with Gasteiger partial charge in [0.1, 0.15) is 6.17 Å². The van der Waals surface area contributed by atoms with Gasteiger partial charge in [-0.05, 0) is 67.9 Å². The SMILES string of the molecule is CCCCCCC(=O)N[C@H](NC(=S)Nc1ccc(N=Nc2ccccc2C)cc1C)C(Cl)(Cl)Cl. The number of thiocarbonyl (C=S) groups is 1. The molecule has 0 aliphatic rings. The van der Waals surface area contributed by atoms with E-state index in [4.69, 9.17) is 47.0 Å². The molecular weight excluding hydrogens is 513 g/mol. The number of hydrogen-bond donors (Lipinski definition) is 3. The van der Waals surface area contributed by atoms with Crippen LogP contribution in [0.4, 0.5) is 17.1 Å². The number of alkyl halides is 3. The minimum Gasteiger partial charge on any atom is -0.339 e. The third-order valence-electron chi connectivity index (χ3n) is 5.01. The maximum Gasteiger partial charge on any atom is 0.228 e. The third-order valence-corrected chi connectivity index (χ3v) is 5.89. The van der Waals surface area contributed by atoms with E-state index in [9.17, 15) is 4.79 Å². The average molecular weight is 543 g/mol. The van der Waals surface area contributed by atoms with Crippen molar-refractivity contribution in [1.82, 2.24) is 10.6 Å². The molecule has 1 atom stereocenters. The summed E-state index contributed by atoms with van der Waals surface area (Å²) < 4.78 is -1.79. The van der Waals surface area contributed by atoms with Gasteiger partial charge in [-0.2, -0.15) is 10.2 Å². The molecule has 2 aromatic carbocycles. The molecule has 3 N–H and O–H groups in total. The monoisotopic (exact) mass is 541 g/mol. The molecule has 0 aromatic heterocycles. The van der Waals surface area contributed by atoms with Crippen LogP contribution in [0, 0.1) is 13.8 Å². The third kappa shape index (κ3) is 9.74. The van der Waals surface area contributed by atoms with Gasteiger partial charge in [-0.1, -0.05) is 79.2 Å². The van der Waals surface area contributed by atoms with E-state index < -0.39 is 9.96 Å². The van der Waals surface area contributed by atoms with Crippen LogP contribution in [0.15, 0.2) is 52.7 Å². The number of benzene rings is 2. The second kappa shape index (κ2) is 13.8. The number of nitrogens with zero attached hydrogens (tertiary/aromatic N) is 2. The quantitative estimate of drug-likeness (QED) is 0.0941. The molecule has 0 fully saturated rings. The highest BCUT2D eigenvalue weighted by atomic mass is 35.6. The molecule has 0 aliphatic heterocycles. The molecule has 2 aromatic rings. The second-order valence-corrected chi connectivity index (χ2v) is 10.7. The number of hydrogen-bond acceptors (Lipinski definition) is 4. The highest BCUT2D eigenvalue weighted by Crippen LogP contribution is 2.30. The molecule has 0 saturated heterocycles. The fraction of sp³-hybridized carbons (Fsp3) is 0.417. The largest absolute Gasteiger partial charge is 0.339 e. The van der Waals surface area contributed by atoms with Gasteiger partial charge in [0.2, 0.25) is 9.70 Å². The first-order valence-electron chi connectivity index (χ1n) is 11.1. The average Bonchev–Trinajstić information content (AvgIpc) is 2.77. The lowest BCUT2D eigenvalue weighted by molar-refractivity contribution is -0.122. The van der Waals surface area contributed by atoms with Crippen molar-refractivity contribution in [3.05, 3.63) is 53.6 Å². The van der Waals surface area contributed by atoms with Crippen molar-refractivity contribution in [3.63, 3.8) is 0 Å². The number of nitrogens with one attached hydrogen (secondary N) is 3. The van der Waals surface area contributed by atoms with Crippen LogP contribution in [0.3, 0.4) is 0 Å². The molecule has 1 amide bonds. The van der Waals surface area contributed by atoms with E-state index in [-0.39, 0.29) is 11.0 Å². The van der Waals surface area contributed by atoms with E-state index in [1.807, 2.05) is 56.3 Å². The first-order valence-corrected chi connectivity index (χ1v) is 12.7. The Kier molecular flexibility index (Phi) is 11.5. The van der Waals surface area contributed by atoms with Gasteiger partial charge in [-0.25, -0.2) is 0 Å². The fourth-order valence-corrected chi connectivity index (χ4v) is 3.63. The van der Waals surface area contributed by atoms with Gasteiger partial charge in [0.25, 0.3) is 0 Å². The lowest BCUT2D eigenvalue weighted by Gasteiger charge is -2.28. The Morgan fingerprint density at radius 1 is 1.00 bits per heavy atom. The Hall–Kier alpha value is -1.93. The number of rotatable bonds is 10. The summed E-state index contributed by atoms with van der Waals surface area (Å²) in [4.78, 5) is 12.3. The van der Waals surface area contributed by atoms with Gasteiger partial charge >= 0.3 is 0 Å². The van der Waals surface area contributed by atoms with Crippen LogP contribution in [0.5, 0.6) is 0 Å². The van der Waals surface area contributed by atoms with E-state index in [0.29, 0.717) is 12.1 Å². The molecule has 6 nitrogen and oxygen atoms in total. The standard InChI is InChI=1S/C24H30Cl3N5OS/c1-4-5-6-7-12-21(33)29-22(24(25,26)27)30-23(34)28-19-14-13-18(15-17(19)3)31-32-20-11-9-8-10-16(20)2/h8-11,13-15,22H,4-7,12H2,1-3H3,(H,29,33)(H2,28,30,34)/t22-/m1/s1. The number of carbonyl (C=O) groups is 1. The Balaban J connectivity index is 1.98. The molecular formula is C24H30Cl3N5OS. The zero-order chi connectivity index (χ0) is 25.1. The van der Waals surface area contributed by atoms with Crippen LogP contribution >= 0.6 is 47.0 Å². The van der Waals surface area contributed by atoms with Gasteiger partial charge < -0.3 is 16.0 Å². The Labute approximate surface area is 221 Å². The number of unbranched alkanes of at least 4 members (excludes halogenated alkanes) is 3. The molecule has 0 radical (unpaired) electrons. The normalized spacial score (nSPS) is 12.4. The topological polar surface area (TPSA) is 77.9 Å². The summed E-state index contributed by atoms with van der Waals surface area (Å²) in [5.74, 6) is -0.206. The van der Waals surface area contributed by atoms with Crippen LogP contribution in [0.2, 0.25) is 0 Å². The first-order chi connectivity index (χ1) is 16.1. The summed E-state index contributed by atoms with van der Waals surface area (Å²) in [5.41, 5.74) is 4.23. The molecule has 34 heavy (non-hydrogen) atoms. The number of azo groups is 1. The van der Waals surface area contributed by atoms with Crippen LogP contribution in [-0.2, 0) is 4.79 Å². The maximum atomic E-state index is 12.3. The van der Waals surface area contributed by atoms with Crippen LogP contribution in [-0.4, -0.2) is 21.0 Å². The van der Waals surface area contributed by atoms with E-state index in [1.54, 1.807) is 0 Å². The highest BCUT2D eigenvalue weighted by molar-refractivity contribution is 7.80. The van der Waals surface area contributed by atoms with E-state index in [2.05, 4.69) is 33.1 Å². The minimum atomic E-state index is -1.79. The molecule has 2 rings (SSSR count). The number of carbonyl (C=O) groups excluding carboxylic acids is 1. The molecule has 0 saturated carbocycles. The Morgan fingerprint density at radius 3 is 2.38 bits per heavy atom. The van der Waals surface area contributed by atoms with Crippen LogP contribution in [0.25, 0.3) is 0 Å². The van der Waals surface area contributed by atoms with Crippen molar-refractivity contribution in [1.29, 1.82) is 0 Å². The predicted octanol–water partition coefficient (Wildman–Crippen LogP) is 7.79. The van der Waals surface area contributed by atoms with Gasteiger partial charge in [0, 0.05) is 12.1 Å². The molecule has 184 valence electrons. The summed E-state index contributed by atoms with van der Waals surface area (Å²) >= 11 is 23.6. The summed E-state index contributed by atoms with van der Waals surface area (Å²) in [5, 5.41) is 17.5. The summed E-state index contributed by atoms with van der Waals surface area (Å²) in [6, 6.07) is 13.3. The summed E-state index contributed by atoms with van der Waals surface area (Å²) in [7, 11) is 0. The second-order valence-electron chi connectivity index (χ2n) is 7.94. The van der Waals surface area contributed by atoms with Crippen molar-refractivity contribution in [2.24, 2.45) is 10.2 Å². The summed E-state index contributed by atoms with van der Waals surface area (Å²) in [6.45, 7) is 6.02. The first kappa shape index (κ1) is 28.3. The van der Waals surface area contributed by atoms with Crippen molar-refractivity contribution in [2.45, 2.75) is 62.8 Å². The van der Waals surface area contributed by atoms with Crippen LogP contribution in [0.1, 0.15) is 50.2 Å². The molecule has 10 heteroatoms. The van der Waals surface area contributed by atoms with Crippen LogP contribution < -0.4 is 16.0 Å². The van der Waals surface area contributed by atoms with Crippen molar-refractivity contribution < 1.29 is 4.79 Å². The zero-order valence-corrected chi connectivity index (χ0v) is 22.6. The minimum absolute atomic E-state index is 0.206.